The molecule has 9 atom stereocenters. The van der Waals surface area contributed by atoms with Crippen LogP contribution in [0.1, 0.15) is 115 Å². The van der Waals surface area contributed by atoms with Gasteiger partial charge in [0, 0.05) is 13.1 Å². The minimum atomic E-state index is -0.872. The van der Waals surface area contributed by atoms with Gasteiger partial charge in [0.15, 0.2) is 0 Å². The second-order valence-electron chi connectivity index (χ2n) is 17.8. The Kier molecular flexibility index (Phi) is 8.26. The molecule has 1 aromatic carbocycles. The zero-order valence-electron chi connectivity index (χ0n) is 30.0. The molecule has 5 aliphatic rings. The average molecular weight is 629 g/mol. The quantitative estimate of drug-likeness (QED) is 0.296. The maximum atomic E-state index is 14.2. The molecule has 2 N–H and O–H groups in total. The number of amides is 1. The van der Waals surface area contributed by atoms with Gasteiger partial charge in [-0.1, -0.05) is 65.0 Å². The molecule has 1 aromatic rings. The van der Waals surface area contributed by atoms with Gasteiger partial charge in [0.2, 0.25) is 5.91 Å². The maximum Gasteiger partial charge on any atom is 0.335 e. The van der Waals surface area contributed by atoms with E-state index < -0.39 is 5.97 Å². The van der Waals surface area contributed by atoms with Crippen molar-refractivity contribution >= 4 is 17.4 Å². The summed E-state index contributed by atoms with van der Waals surface area (Å²) in [4.78, 5) is 27.9. The van der Waals surface area contributed by atoms with Gasteiger partial charge < -0.3 is 15.3 Å². The Morgan fingerprint density at radius 2 is 1.61 bits per heavy atom. The number of carbonyl (C=O) groups is 2. The summed E-state index contributed by atoms with van der Waals surface area (Å²) in [7, 11) is 4.14. The molecule has 0 saturated heterocycles. The first-order valence-corrected chi connectivity index (χ1v) is 18.2. The number of nitrogens with one attached hydrogen (secondary N) is 1. The third-order valence-corrected chi connectivity index (χ3v) is 15.4. The van der Waals surface area contributed by atoms with Gasteiger partial charge in [-0.3, -0.25) is 4.79 Å². The number of benzene rings is 1. The van der Waals surface area contributed by atoms with Gasteiger partial charge in [-0.15, -0.1) is 0 Å². The molecule has 4 saturated carbocycles. The molecule has 6 rings (SSSR count). The molecule has 5 heteroatoms. The molecule has 0 aromatic heterocycles. The lowest BCUT2D eigenvalue weighted by Crippen LogP contribution is -2.66. The lowest BCUT2D eigenvalue weighted by atomic mass is 9.32. The Labute approximate surface area is 278 Å². The summed E-state index contributed by atoms with van der Waals surface area (Å²) in [6.07, 6.45) is 12.8. The first kappa shape index (κ1) is 33.5. The standard InChI is InChI=1S/C41H60N2O3/c1-26(2)29-16-21-41(36(46)42-24-25-43(8)9)23-22-39(6)31(34(29)41)14-15-33-38(5)19-17-30(27-10-12-28(13-11-27)35(44)45)37(3,4)32(38)18-20-40(33,39)7/h10-13,17,29,31-34H,1,14-16,18-25H2,2-9H3,(H,42,46)(H,44,45)/t29-,31+,32-,33+,34+,38-,39+,40+,41-/m0/s1. The van der Waals surface area contributed by atoms with Crippen LogP contribution in [0.15, 0.2) is 42.5 Å². The van der Waals surface area contributed by atoms with Crippen LogP contribution in [0, 0.1) is 56.7 Å². The number of allylic oxidation sites excluding steroid dienone is 3. The smallest absolute Gasteiger partial charge is 0.335 e. The number of nitrogens with zero attached hydrogens (tertiary/aromatic N) is 1. The highest BCUT2D eigenvalue weighted by atomic mass is 16.4. The van der Waals surface area contributed by atoms with Crippen molar-refractivity contribution in [3.8, 4) is 0 Å². The summed E-state index contributed by atoms with van der Waals surface area (Å²) in [5, 5.41) is 12.9. The van der Waals surface area contributed by atoms with E-state index in [4.69, 9.17) is 0 Å². The van der Waals surface area contributed by atoms with Crippen LogP contribution in [-0.4, -0.2) is 49.1 Å². The van der Waals surface area contributed by atoms with E-state index in [1.807, 2.05) is 12.1 Å². The number of fused-ring (bicyclic) bond motifs is 7. The van der Waals surface area contributed by atoms with E-state index >= 15 is 0 Å². The maximum absolute atomic E-state index is 14.2. The number of hydrogen-bond acceptors (Lipinski definition) is 3. The van der Waals surface area contributed by atoms with Crippen molar-refractivity contribution in [3.63, 3.8) is 0 Å². The van der Waals surface area contributed by atoms with Gasteiger partial charge in [0.1, 0.15) is 0 Å². The summed E-state index contributed by atoms with van der Waals surface area (Å²) in [6, 6.07) is 7.55. The topological polar surface area (TPSA) is 69.6 Å². The Bertz CT molecular complexity index is 1430. The zero-order valence-corrected chi connectivity index (χ0v) is 30.0. The van der Waals surface area contributed by atoms with Crippen molar-refractivity contribution in [2.45, 2.75) is 99.3 Å². The Morgan fingerprint density at radius 1 is 0.913 bits per heavy atom. The molecule has 4 fully saturated rings. The Morgan fingerprint density at radius 3 is 2.24 bits per heavy atom. The fraction of sp³-hybridized carbons (Fsp3) is 0.707. The van der Waals surface area contributed by atoms with Gasteiger partial charge in [0.05, 0.1) is 11.0 Å². The number of hydrogen-bond donors (Lipinski definition) is 2. The number of carboxylic acid groups (broad SMARTS) is 1. The fourth-order valence-electron chi connectivity index (χ4n) is 13.0. The van der Waals surface area contributed by atoms with Crippen LogP contribution in [0.3, 0.4) is 0 Å². The minimum absolute atomic E-state index is 0.000309. The fourth-order valence-corrected chi connectivity index (χ4v) is 13.0. The van der Waals surface area contributed by atoms with Crippen molar-refractivity contribution in [3.05, 3.63) is 53.6 Å². The molecular formula is C41H60N2O3. The number of carboxylic acids is 1. The van der Waals surface area contributed by atoms with Crippen molar-refractivity contribution in [1.82, 2.24) is 10.2 Å². The monoisotopic (exact) mass is 628 g/mol. The summed E-state index contributed by atoms with van der Waals surface area (Å²) >= 11 is 0. The van der Waals surface area contributed by atoms with Gasteiger partial charge in [-0.25, -0.2) is 4.79 Å². The summed E-state index contributed by atoms with van der Waals surface area (Å²) in [5.74, 6) is 2.01. The summed E-state index contributed by atoms with van der Waals surface area (Å²) < 4.78 is 0. The van der Waals surface area contributed by atoms with Crippen molar-refractivity contribution in [2.24, 2.45) is 56.7 Å². The third-order valence-electron chi connectivity index (χ3n) is 15.4. The van der Waals surface area contributed by atoms with Crippen molar-refractivity contribution in [1.29, 1.82) is 0 Å². The van der Waals surface area contributed by atoms with E-state index in [2.05, 4.69) is 78.5 Å². The molecule has 0 unspecified atom stereocenters. The van der Waals surface area contributed by atoms with Gasteiger partial charge >= 0.3 is 5.97 Å². The minimum Gasteiger partial charge on any atom is -0.478 e. The number of aromatic carboxylic acids is 1. The molecule has 0 bridgehead atoms. The van der Waals surface area contributed by atoms with Crippen molar-refractivity contribution in [2.75, 3.05) is 27.2 Å². The van der Waals surface area contributed by atoms with E-state index in [1.165, 1.54) is 42.4 Å². The molecule has 46 heavy (non-hydrogen) atoms. The highest BCUT2D eigenvalue weighted by Gasteiger charge is 2.71. The van der Waals surface area contributed by atoms with E-state index in [0.29, 0.717) is 47.6 Å². The van der Waals surface area contributed by atoms with Gasteiger partial charge in [-0.2, -0.15) is 0 Å². The van der Waals surface area contributed by atoms with E-state index in [0.717, 1.165) is 38.6 Å². The third kappa shape index (κ3) is 4.71. The SMILES string of the molecule is C=C(C)[C@@H]1CC[C@]2(C(=O)NCCN(C)C)CC[C@]3(C)[C@H](CC[C@@H]4[C@@]5(C)CC=C(c6ccc(C(=O)O)cc6)C(C)(C)[C@@H]5CC[C@]43C)[C@@H]12. The van der Waals surface area contributed by atoms with E-state index in [1.54, 1.807) is 12.1 Å². The predicted octanol–water partition coefficient (Wildman–Crippen LogP) is 8.71. The second kappa shape index (κ2) is 11.3. The largest absolute Gasteiger partial charge is 0.478 e. The van der Waals surface area contributed by atoms with Crippen LogP contribution in [0.25, 0.3) is 5.57 Å². The molecule has 0 heterocycles. The first-order valence-electron chi connectivity index (χ1n) is 18.2. The van der Waals surface area contributed by atoms with Gasteiger partial charge in [-0.05, 0) is 153 Å². The second-order valence-corrected chi connectivity index (χ2v) is 17.8. The molecule has 0 radical (unpaired) electrons. The van der Waals surface area contributed by atoms with E-state index in [9.17, 15) is 14.7 Å². The van der Waals surface area contributed by atoms with Crippen LogP contribution >= 0.6 is 0 Å². The molecule has 0 aliphatic heterocycles. The van der Waals surface area contributed by atoms with Gasteiger partial charge in [0.25, 0.3) is 0 Å². The summed E-state index contributed by atoms with van der Waals surface area (Å²) in [5.41, 5.74) is 4.54. The van der Waals surface area contributed by atoms with Crippen LogP contribution in [0.5, 0.6) is 0 Å². The highest BCUT2D eigenvalue weighted by Crippen LogP contribution is 2.77. The Hall–Kier alpha value is -2.40. The van der Waals surface area contributed by atoms with Crippen LogP contribution in [0.4, 0.5) is 0 Å². The molecule has 5 nitrogen and oxygen atoms in total. The number of likely N-dealkylation sites (N-methyl/N-ethyl adjacent to an activating group) is 1. The number of carbonyl (C=O) groups excluding carboxylic acids is 1. The average Bonchev–Trinajstić information content (AvgIpc) is 3.38. The highest BCUT2D eigenvalue weighted by molar-refractivity contribution is 5.88. The van der Waals surface area contributed by atoms with E-state index in [-0.39, 0.29) is 27.1 Å². The molecule has 0 spiro atoms. The van der Waals surface area contributed by atoms with Crippen LogP contribution in [-0.2, 0) is 4.79 Å². The van der Waals surface area contributed by atoms with Crippen LogP contribution in [0.2, 0.25) is 0 Å². The summed E-state index contributed by atoms with van der Waals surface area (Å²) in [6.45, 7) is 21.1. The lowest BCUT2D eigenvalue weighted by molar-refractivity contribution is -0.225. The Balaban J connectivity index is 1.33. The normalized spacial score (nSPS) is 41.0. The molecular weight excluding hydrogens is 568 g/mol. The predicted molar refractivity (Wildman–Crippen MR) is 187 cm³/mol. The van der Waals surface area contributed by atoms with Crippen molar-refractivity contribution < 1.29 is 14.7 Å². The van der Waals surface area contributed by atoms with Crippen LogP contribution < -0.4 is 5.32 Å². The zero-order chi connectivity index (χ0) is 33.4. The molecule has 252 valence electrons. The lowest BCUT2D eigenvalue weighted by Gasteiger charge is -2.72. The number of rotatable bonds is 7. The molecule has 1 amide bonds. The first-order chi connectivity index (χ1) is 21.5. The molecule has 5 aliphatic carbocycles.